The smallest absolute Gasteiger partial charge is 0.191 e. The zero-order valence-electron chi connectivity index (χ0n) is 11.0. The number of hydrogen-bond donors (Lipinski definition) is 2. The lowest BCUT2D eigenvalue weighted by Crippen LogP contribution is -2.21. The van der Waals surface area contributed by atoms with Crippen LogP contribution in [0.1, 0.15) is 16.7 Å². The van der Waals surface area contributed by atoms with Gasteiger partial charge < -0.3 is 11.5 Å². The van der Waals surface area contributed by atoms with Crippen LogP contribution < -0.4 is 11.5 Å². The largest absolute Gasteiger partial charge is 0.370 e. The number of nitrogens with two attached hydrogens (primary N) is 2. The Morgan fingerprint density at radius 2 is 1.65 bits per heavy atom. The van der Waals surface area contributed by atoms with Crippen LogP contribution in [0.5, 0.6) is 0 Å². The van der Waals surface area contributed by atoms with Gasteiger partial charge in [-0.05, 0) is 40.5 Å². The fourth-order valence-corrected chi connectivity index (χ4v) is 2.27. The van der Waals surface area contributed by atoms with E-state index in [1.807, 2.05) is 24.3 Å². The summed E-state index contributed by atoms with van der Waals surface area (Å²) in [5.41, 5.74) is 16.3. The molecule has 3 rings (SSSR count). The fraction of sp³-hybridized carbons (Fsp3) is 0. The van der Waals surface area contributed by atoms with Crippen molar-refractivity contribution in [3.05, 3.63) is 71.3 Å². The zero-order valence-corrected chi connectivity index (χ0v) is 11.0. The monoisotopic (exact) mass is 261 g/mol. The number of nitrogens with zero attached hydrogens (tertiary/aromatic N) is 1. The molecule has 3 heteroatoms. The first-order chi connectivity index (χ1) is 9.72. The van der Waals surface area contributed by atoms with E-state index in [0.29, 0.717) is 0 Å². The van der Waals surface area contributed by atoms with Gasteiger partial charge in [-0.2, -0.15) is 0 Å². The summed E-state index contributed by atoms with van der Waals surface area (Å²) in [7, 11) is 0. The molecule has 20 heavy (non-hydrogen) atoms. The van der Waals surface area contributed by atoms with Gasteiger partial charge in [0.2, 0.25) is 0 Å². The Morgan fingerprint density at radius 3 is 2.40 bits per heavy atom. The highest BCUT2D eigenvalue weighted by atomic mass is 15.0. The summed E-state index contributed by atoms with van der Waals surface area (Å²) < 4.78 is 0. The number of fused-ring (bicyclic) bond motifs is 1. The van der Waals surface area contributed by atoms with Crippen molar-refractivity contribution < 1.29 is 0 Å². The minimum atomic E-state index is 0.0729. The van der Waals surface area contributed by atoms with Crippen LogP contribution >= 0.6 is 0 Å². The SMILES string of the molecule is NC(N)=Nc1ccc(/C=C2\C=Cc3ccccc32)cc1. The summed E-state index contributed by atoms with van der Waals surface area (Å²) in [5.74, 6) is 0.0729. The Bertz CT molecular complexity index is 718. The van der Waals surface area contributed by atoms with E-state index < -0.39 is 0 Å². The van der Waals surface area contributed by atoms with Crippen LogP contribution in [0.2, 0.25) is 0 Å². The van der Waals surface area contributed by atoms with Gasteiger partial charge in [0, 0.05) is 0 Å². The Hall–Kier alpha value is -2.81. The number of benzene rings is 2. The molecule has 0 atom stereocenters. The van der Waals surface area contributed by atoms with E-state index in [0.717, 1.165) is 11.3 Å². The van der Waals surface area contributed by atoms with Crippen molar-refractivity contribution in [1.82, 2.24) is 0 Å². The maximum Gasteiger partial charge on any atom is 0.191 e. The lowest BCUT2D eigenvalue weighted by molar-refractivity contribution is 1.42. The van der Waals surface area contributed by atoms with Crippen molar-refractivity contribution in [2.45, 2.75) is 0 Å². The van der Waals surface area contributed by atoms with Crippen LogP contribution in [0.15, 0.2) is 59.6 Å². The quantitative estimate of drug-likeness (QED) is 0.644. The van der Waals surface area contributed by atoms with Crippen molar-refractivity contribution in [3.8, 4) is 0 Å². The molecule has 0 heterocycles. The normalized spacial score (nSPS) is 14.3. The third kappa shape index (κ3) is 2.47. The van der Waals surface area contributed by atoms with Crippen molar-refractivity contribution >= 4 is 29.4 Å². The van der Waals surface area contributed by atoms with Gasteiger partial charge in [0.1, 0.15) is 0 Å². The molecule has 0 fully saturated rings. The van der Waals surface area contributed by atoms with E-state index in [1.165, 1.54) is 16.7 Å². The topological polar surface area (TPSA) is 64.4 Å². The van der Waals surface area contributed by atoms with Gasteiger partial charge in [0.05, 0.1) is 5.69 Å². The molecule has 3 nitrogen and oxygen atoms in total. The number of guanidine groups is 1. The molecule has 0 amide bonds. The van der Waals surface area contributed by atoms with Gasteiger partial charge in [-0.1, -0.05) is 48.6 Å². The van der Waals surface area contributed by atoms with Crippen molar-refractivity contribution in [2.24, 2.45) is 16.5 Å². The van der Waals surface area contributed by atoms with E-state index in [2.05, 4.69) is 47.5 Å². The molecule has 0 aliphatic heterocycles. The minimum absolute atomic E-state index is 0.0729. The molecule has 0 aromatic heterocycles. The molecule has 0 saturated heterocycles. The van der Waals surface area contributed by atoms with Crippen LogP contribution in [0.3, 0.4) is 0 Å². The van der Waals surface area contributed by atoms with Gasteiger partial charge in [-0.25, -0.2) is 4.99 Å². The van der Waals surface area contributed by atoms with Crippen LogP contribution in [0.25, 0.3) is 17.7 Å². The van der Waals surface area contributed by atoms with E-state index in [9.17, 15) is 0 Å². The molecule has 0 saturated carbocycles. The predicted octanol–water partition coefficient (Wildman–Crippen LogP) is 3.16. The molecule has 2 aromatic rings. The molecule has 2 aromatic carbocycles. The highest BCUT2D eigenvalue weighted by Crippen LogP contribution is 2.30. The lowest BCUT2D eigenvalue weighted by Gasteiger charge is -2.02. The third-order valence-corrected chi connectivity index (χ3v) is 3.19. The average molecular weight is 261 g/mol. The highest BCUT2D eigenvalue weighted by molar-refractivity contribution is 5.97. The van der Waals surface area contributed by atoms with Crippen molar-refractivity contribution in [2.75, 3.05) is 0 Å². The maximum absolute atomic E-state index is 5.35. The first-order valence-electron chi connectivity index (χ1n) is 6.41. The summed E-state index contributed by atoms with van der Waals surface area (Å²) in [6.45, 7) is 0. The van der Waals surface area contributed by atoms with Gasteiger partial charge in [0.15, 0.2) is 5.96 Å². The Morgan fingerprint density at radius 1 is 0.900 bits per heavy atom. The average Bonchev–Trinajstić information content (AvgIpc) is 2.84. The molecule has 0 bridgehead atoms. The summed E-state index contributed by atoms with van der Waals surface area (Å²) in [6.07, 6.45) is 6.42. The second-order valence-electron chi connectivity index (χ2n) is 4.65. The second-order valence-corrected chi connectivity index (χ2v) is 4.65. The number of rotatable bonds is 2. The highest BCUT2D eigenvalue weighted by Gasteiger charge is 2.08. The van der Waals surface area contributed by atoms with E-state index in [4.69, 9.17) is 11.5 Å². The lowest BCUT2D eigenvalue weighted by atomic mass is 10.0. The Labute approximate surface area is 118 Å². The summed E-state index contributed by atoms with van der Waals surface area (Å²) in [5, 5.41) is 0. The number of aliphatic imine (C=N–C) groups is 1. The number of hydrogen-bond acceptors (Lipinski definition) is 1. The maximum atomic E-state index is 5.35. The summed E-state index contributed by atoms with van der Waals surface area (Å²) >= 11 is 0. The van der Waals surface area contributed by atoms with Crippen molar-refractivity contribution in [1.29, 1.82) is 0 Å². The standard InChI is InChI=1S/C17H15N3/c18-17(19)20-15-9-5-12(6-10-15)11-14-8-7-13-3-1-2-4-16(13)14/h1-11H,(H4,18,19,20)/b14-11+. The molecular weight excluding hydrogens is 246 g/mol. The van der Waals surface area contributed by atoms with Crippen LogP contribution in [-0.2, 0) is 0 Å². The molecule has 0 radical (unpaired) electrons. The van der Waals surface area contributed by atoms with Gasteiger partial charge in [-0.15, -0.1) is 0 Å². The van der Waals surface area contributed by atoms with E-state index in [1.54, 1.807) is 0 Å². The van der Waals surface area contributed by atoms with Crippen LogP contribution in [0, 0.1) is 0 Å². The molecule has 0 unspecified atom stereocenters. The van der Waals surface area contributed by atoms with Crippen molar-refractivity contribution in [3.63, 3.8) is 0 Å². The summed E-state index contributed by atoms with van der Waals surface area (Å²) in [4.78, 5) is 4.01. The molecule has 4 N–H and O–H groups in total. The predicted molar refractivity (Wildman–Crippen MR) is 85.3 cm³/mol. The van der Waals surface area contributed by atoms with Crippen LogP contribution in [0.4, 0.5) is 5.69 Å². The first kappa shape index (κ1) is 12.2. The summed E-state index contributed by atoms with van der Waals surface area (Å²) in [6, 6.07) is 16.2. The first-order valence-corrected chi connectivity index (χ1v) is 6.41. The van der Waals surface area contributed by atoms with E-state index in [-0.39, 0.29) is 5.96 Å². The molecule has 1 aliphatic carbocycles. The third-order valence-electron chi connectivity index (χ3n) is 3.19. The van der Waals surface area contributed by atoms with E-state index >= 15 is 0 Å². The minimum Gasteiger partial charge on any atom is -0.370 e. The Balaban J connectivity index is 1.91. The van der Waals surface area contributed by atoms with Crippen LogP contribution in [-0.4, -0.2) is 5.96 Å². The molecular formula is C17H15N3. The number of allylic oxidation sites excluding steroid dienone is 2. The fourth-order valence-electron chi connectivity index (χ4n) is 2.27. The Kier molecular flexibility index (Phi) is 3.09. The molecule has 98 valence electrons. The second kappa shape index (κ2) is 5.05. The zero-order chi connectivity index (χ0) is 13.9. The van der Waals surface area contributed by atoms with Gasteiger partial charge in [0.25, 0.3) is 0 Å². The molecule has 1 aliphatic rings. The van der Waals surface area contributed by atoms with Gasteiger partial charge in [-0.3, -0.25) is 0 Å². The molecule has 0 spiro atoms. The van der Waals surface area contributed by atoms with Gasteiger partial charge >= 0.3 is 0 Å².